The predicted molar refractivity (Wildman–Crippen MR) is 111 cm³/mol. The molecule has 0 fully saturated rings. The highest BCUT2D eigenvalue weighted by Crippen LogP contribution is 2.47. The van der Waals surface area contributed by atoms with E-state index in [1.807, 2.05) is 0 Å². The van der Waals surface area contributed by atoms with E-state index in [1.165, 1.54) is 33.4 Å². The van der Waals surface area contributed by atoms with Crippen LogP contribution in [0, 0.1) is 0 Å². The first-order valence-electron chi connectivity index (χ1n) is 9.39. The minimum atomic E-state index is 0.0415. The molecule has 2 aromatic carbocycles. The Morgan fingerprint density at radius 2 is 1.20 bits per heavy atom. The third kappa shape index (κ3) is 3.19. The molecule has 0 amide bonds. The molecule has 132 valence electrons. The van der Waals surface area contributed by atoms with Gasteiger partial charge < -0.3 is 0 Å². The van der Waals surface area contributed by atoms with Crippen LogP contribution >= 0.6 is 0 Å². The van der Waals surface area contributed by atoms with Gasteiger partial charge in [0.2, 0.25) is 0 Å². The quantitative estimate of drug-likeness (QED) is 0.522. The predicted octanol–water partition coefficient (Wildman–Crippen LogP) is 7.11. The molecule has 25 heavy (non-hydrogen) atoms. The van der Waals surface area contributed by atoms with Crippen LogP contribution < -0.4 is 0 Å². The molecule has 0 spiro atoms. The minimum absolute atomic E-state index is 0.0415. The fraction of sp³-hybridized carbons (Fsp3) is 0.440. The van der Waals surface area contributed by atoms with E-state index in [1.54, 1.807) is 0 Å². The maximum atomic E-state index is 2.42. The van der Waals surface area contributed by atoms with E-state index in [-0.39, 0.29) is 16.2 Å². The molecule has 0 nitrogen and oxygen atoms in total. The number of allylic oxidation sites excluding steroid dienone is 1. The Morgan fingerprint density at radius 1 is 0.680 bits per heavy atom. The van der Waals surface area contributed by atoms with Crippen LogP contribution in [0.2, 0.25) is 0 Å². The minimum Gasteiger partial charge on any atom is -0.0579 e. The molecule has 0 saturated carbocycles. The van der Waals surface area contributed by atoms with Crippen LogP contribution in [0.4, 0.5) is 0 Å². The van der Waals surface area contributed by atoms with Crippen molar-refractivity contribution in [1.82, 2.24) is 0 Å². The SMILES string of the molecule is CC(C)(C)c1ccc(C2=Cc3ccc(C(C)(C)C)cc3C2(C)C)cc1. The lowest BCUT2D eigenvalue weighted by molar-refractivity contribution is 0.586. The number of fused-ring (bicyclic) bond motifs is 1. The molecule has 2 aromatic rings. The topological polar surface area (TPSA) is 0 Å². The molecule has 0 N–H and O–H groups in total. The molecule has 0 aliphatic heterocycles. The second kappa shape index (κ2) is 5.59. The van der Waals surface area contributed by atoms with Gasteiger partial charge in [0.1, 0.15) is 0 Å². The average molecular weight is 333 g/mol. The first kappa shape index (κ1) is 18.0. The fourth-order valence-corrected chi connectivity index (χ4v) is 3.76. The van der Waals surface area contributed by atoms with Crippen LogP contribution in [0.5, 0.6) is 0 Å². The van der Waals surface area contributed by atoms with Crippen molar-refractivity contribution >= 4 is 11.6 Å². The Balaban J connectivity index is 2.02. The van der Waals surface area contributed by atoms with Gasteiger partial charge >= 0.3 is 0 Å². The smallest absolute Gasteiger partial charge is 0.0158 e. The van der Waals surface area contributed by atoms with Crippen LogP contribution in [0.3, 0.4) is 0 Å². The van der Waals surface area contributed by atoms with Crippen LogP contribution in [0.1, 0.15) is 83.2 Å². The van der Waals surface area contributed by atoms with E-state index in [2.05, 4.69) is 104 Å². The zero-order chi connectivity index (χ0) is 18.6. The van der Waals surface area contributed by atoms with Crippen molar-refractivity contribution in [1.29, 1.82) is 0 Å². The Labute approximate surface area is 154 Å². The van der Waals surface area contributed by atoms with Crippen molar-refractivity contribution in [3.63, 3.8) is 0 Å². The molecule has 3 rings (SSSR count). The lowest BCUT2D eigenvalue weighted by Crippen LogP contribution is -2.19. The van der Waals surface area contributed by atoms with Gasteiger partial charge in [0.25, 0.3) is 0 Å². The van der Waals surface area contributed by atoms with Crippen molar-refractivity contribution in [2.45, 2.75) is 71.6 Å². The van der Waals surface area contributed by atoms with Crippen molar-refractivity contribution in [3.8, 4) is 0 Å². The number of hydrogen-bond acceptors (Lipinski definition) is 0. The monoisotopic (exact) mass is 332 g/mol. The van der Waals surface area contributed by atoms with E-state index < -0.39 is 0 Å². The van der Waals surface area contributed by atoms with Gasteiger partial charge in [0.15, 0.2) is 0 Å². The molecule has 0 saturated heterocycles. The van der Waals surface area contributed by atoms with Gasteiger partial charge in [-0.05, 0) is 50.3 Å². The summed E-state index contributed by atoms with van der Waals surface area (Å²) in [6, 6.07) is 16.2. The van der Waals surface area contributed by atoms with Crippen molar-refractivity contribution in [3.05, 3.63) is 70.3 Å². The maximum Gasteiger partial charge on any atom is 0.0158 e. The molecule has 0 atom stereocenters. The second-order valence-corrected chi connectivity index (χ2v) is 10.1. The Morgan fingerprint density at radius 3 is 1.72 bits per heavy atom. The number of benzene rings is 2. The molecule has 1 aliphatic rings. The zero-order valence-electron chi connectivity index (χ0n) is 17.1. The summed E-state index contributed by atoms with van der Waals surface area (Å²) >= 11 is 0. The summed E-state index contributed by atoms with van der Waals surface area (Å²) in [6.45, 7) is 18.4. The summed E-state index contributed by atoms with van der Waals surface area (Å²) in [7, 11) is 0. The van der Waals surface area contributed by atoms with Crippen LogP contribution in [-0.4, -0.2) is 0 Å². The van der Waals surface area contributed by atoms with Crippen molar-refractivity contribution < 1.29 is 0 Å². The Hall–Kier alpha value is -1.82. The van der Waals surface area contributed by atoms with Crippen molar-refractivity contribution in [2.75, 3.05) is 0 Å². The molecule has 0 heterocycles. The van der Waals surface area contributed by atoms with Crippen LogP contribution in [0.25, 0.3) is 11.6 Å². The van der Waals surface area contributed by atoms with Gasteiger partial charge in [0, 0.05) is 5.41 Å². The number of rotatable bonds is 1. The molecule has 0 unspecified atom stereocenters. The molecular weight excluding hydrogens is 300 g/mol. The standard InChI is InChI=1S/C25H32/c1-23(2,3)19-12-9-17(10-13-19)21-15-18-11-14-20(24(4,5)6)16-22(18)25(21,7)8/h9-16H,1-8H3. The van der Waals surface area contributed by atoms with Gasteiger partial charge in [-0.1, -0.05) is 97.9 Å². The third-order valence-corrected chi connectivity index (χ3v) is 5.63. The summed E-state index contributed by atoms with van der Waals surface area (Å²) in [4.78, 5) is 0. The van der Waals surface area contributed by atoms with Gasteiger partial charge in [0.05, 0.1) is 0 Å². The normalized spacial score (nSPS) is 16.6. The first-order chi connectivity index (χ1) is 11.4. The lowest BCUT2D eigenvalue weighted by atomic mass is 9.76. The molecule has 0 aromatic heterocycles. The van der Waals surface area contributed by atoms with Crippen LogP contribution in [-0.2, 0) is 16.2 Å². The van der Waals surface area contributed by atoms with E-state index in [4.69, 9.17) is 0 Å². The Kier molecular flexibility index (Phi) is 4.02. The molecule has 1 aliphatic carbocycles. The van der Waals surface area contributed by atoms with Crippen molar-refractivity contribution in [2.24, 2.45) is 0 Å². The summed E-state index contributed by atoms with van der Waals surface area (Å²) in [5.74, 6) is 0. The Bertz CT molecular complexity index is 816. The highest BCUT2D eigenvalue weighted by molar-refractivity contribution is 5.94. The summed E-state index contributed by atoms with van der Waals surface area (Å²) in [5.41, 5.74) is 8.81. The van der Waals surface area contributed by atoms with Gasteiger partial charge in [-0.2, -0.15) is 0 Å². The van der Waals surface area contributed by atoms with Gasteiger partial charge in [-0.3, -0.25) is 0 Å². The first-order valence-corrected chi connectivity index (χ1v) is 9.39. The molecule has 0 radical (unpaired) electrons. The van der Waals surface area contributed by atoms with Gasteiger partial charge in [-0.25, -0.2) is 0 Å². The van der Waals surface area contributed by atoms with E-state index in [0.29, 0.717) is 0 Å². The largest absolute Gasteiger partial charge is 0.0579 e. The summed E-state index contributed by atoms with van der Waals surface area (Å²) in [6.07, 6.45) is 2.38. The molecule has 0 bridgehead atoms. The average Bonchev–Trinajstić information content (AvgIpc) is 2.77. The summed E-state index contributed by atoms with van der Waals surface area (Å²) in [5, 5.41) is 0. The number of hydrogen-bond donors (Lipinski definition) is 0. The second-order valence-electron chi connectivity index (χ2n) is 10.1. The highest BCUT2D eigenvalue weighted by atomic mass is 14.4. The molecule has 0 heteroatoms. The lowest BCUT2D eigenvalue weighted by Gasteiger charge is -2.28. The maximum absolute atomic E-state index is 2.42. The third-order valence-electron chi connectivity index (χ3n) is 5.63. The van der Waals surface area contributed by atoms with Crippen LogP contribution in [0.15, 0.2) is 42.5 Å². The summed E-state index contributed by atoms with van der Waals surface area (Å²) < 4.78 is 0. The van der Waals surface area contributed by atoms with Gasteiger partial charge in [-0.15, -0.1) is 0 Å². The van der Waals surface area contributed by atoms with E-state index in [0.717, 1.165) is 0 Å². The molecular formula is C25H32. The van der Waals surface area contributed by atoms with E-state index >= 15 is 0 Å². The van der Waals surface area contributed by atoms with E-state index in [9.17, 15) is 0 Å². The fourth-order valence-electron chi connectivity index (χ4n) is 3.76. The highest BCUT2D eigenvalue weighted by Gasteiger charge is 2.34. The zero-order valence-corrected chi connectivity index (χ0v) is 17.1.